The van der Waals surface area contributed by atoms with Crippen LogP contribution in [0, 0.1) is 0 Å². The monoisotopic (exact) mass is 252 g/mol. The van der Waals surface area contributed by atoms with Crippen molar-refractivity contribution in [1.29, 1.82) is 0 Å². The fraction of sp³-hybridized carbons (Fsp3) is 0.571. The lowest BCUT2D eigenvalue weighted by molar-refractivity contribution is -0.957. The molecule has 3 heteroatoms. The number of methoxy groups -OCH3 is 1. The van der Waals surface area contributed by atoms with Crippen molar-refractivity contribution in [2.75, 3.05) is 27.4 Å². The van der Waals surface area contributed by atoms with Gasteiger partial charge in [0, 0.05) is 13.5 Å². The number of hydrogen-bond acceptors (Lipinski definition) is 1. The van der Waals surface area contributed by atoms with Crippen molar-refractivity contribution in [1.82, 2.24) is 0 Å². The zero-order chi connectivity index (χ0) is 12.9. The van der Waals surface area contributed by atoms with Gasteiger partial charge in [0.05, 0.1) is 29.0 Å². The van der Waals surface area contributed by atoms with E-state index in [4.69, 9.17) is 4.74 Å². The van der Waals surface area contributed by atoms with Gasteiger partial charge in [0.2, 0.25) is 0 Å². The molecule has 2 nitrogen and oxygen atoms in total. The molecule has 0 N–H and O–H groups in total. The molecule has 0 aliphatic rings. The van der Waals surface area contributed by atoms with Crippen LogP contribution in [0.4, 0.5) is 0 Å². The Labute approximate surface area is 109 Å². The topological polar surface area (TPSA) is 9.23 Å². The van der Waals surface area contributed by atoms with Gasteiger partial charge >= 0.3 is 0 Å². The van der Waals surface area contributed by atoms with Crippen LogP contribution in [0.15, 0.2) is 30.3 Å². The summed E-state index contributed by atoms with van der Waals surface area (Å²) in [6.45, 7) is 6.60. The van der Waals surface area contributed by atoms with Crippen LogP contribution in [0.2, 0.25) is 0 Å². The second kappa shape index (κ2) is 5.80. The third-order valence-corrected chi connectivity index (χ3v) is 4.85. The molecular weight excluding hydrogens is 226 g/mol. The average molecular weight is 252 g/mol. The molecule has 96 valence electrons. The van der Waals surface area contributed by atoms with Crippen molar-refractivity contribution in [3.05, 3.63) is 35.9 Å². The highest BCUT2D eigenvalue weighted by Gasteiger charge is 2.35. The Kier molecular flexibility index (Phi) is 4.92. The number of benzene rings is 1. The van der Waals surface area contributed by atoms with Crippen LogP contribution >= 0.6 is 0 Å². The fourth-order valence-corrected chi connectivity index (χ4v) is 2.25. The van der Waals surface area contributed by atoms with Crippen LogP contribution in [0.5, 0.6) is 0 Å². The van der Waals surface area contributed by atoms with Crippen LogP contribution in [0.25, 0.3) is 0 Å². The number of quaternary nitrogens is 1. The molecular formula is C14H26NOSi+. The minimum atomic E-state index is 0.338. The number of likely N-dealkylation sites (N-methyl/N-ethyl adjacent to an activating group) is 1. The highest BCUT2D eigenvalue weighted by Crippen LogP contribution is 2.20. The summed E-state index contributed by atoms with van der Waals surface area (Å²) in [6.07, 6.45) is 1.12. The van der Waals surface area contributed by atoms with Gasteiger partial charge in [0.25, 0.3) is 0 Å². The zero-order valence-corrected chi connectivity index (χ0v) is 13.9. The smallest absolute Gasteiger partial charge is 0.182 e. The van der Waals surface area contributed by atoms with E-state index in [-0.39, 0.29) is 0 Å². The van der Waals surface area contributed by atoms with Gasteiger partial charge < -0.3 is 9.22 Å². The molecule has 0 aliphatic carbocycles. The number of ether oxygens (including phenoxy) is 1. The van der Waals surface area contributed by atoms with Gasteiger partial charge in [-0.1, -0.05) is 30.3 Å². The summed E-state index contributed by atoms with van der Waals surface area (Å²) in [4.78, 5) is 0. The average Bonchev–Trinajstić information content (AvgIpc) is 2.27. The van der Waals surface area contributed by atoms with Gasteiger partial charge in [0.1, 0.15) is 0 Å². The summed E-state index contributed by atoms with van der Waals surface area (Å²) in [5, 5.41) is 0.338. The maximum absolute atomic E-state index is 5.42. The van der Waals surface area contributed by atoms with Crippen LogP contribution < -0.4 is 0 Å². The second-order valence-corrected chi connectivity index (χ2v) is 8.39. The number of hydrogen-bond donors (Lipinski definition) is 0. The lowest BCUT2D eigenvalue weighted by Gasteiger charge is -2.45. The van der Waals surface area contributed by atoms with Crippen molar-refractivity contribution >= 4 is 10.2 Å². The van der Waals surface area contributed by atoms with Crippen molar-refractivity contribution in [2.24, 2.45) is 0 Å². The summed E-state index contributed by atoms with van der Waals surface area (Å²) in [5.74, 6) is 0. The van der Waals surface area contributed by atoms with E-state index in [0.717, 1.165) is 24.2 Å². The molecule has 1 aromatic carbocycles. The van der Waals surface area contributed by atoms with E-state index in [0.29, 0.717) is 5.16 Å². The largest absolute Gasteiger partial charge is 0.335 e. The summed E-state index contributed by atoms with van der Waals surface area (Å²) in [5.41, 5.74) is 1.42. The number of nitrogens with zero attached hydrogens (tertiary/aromatic N) is 1. The molecule has 1 unspecified atom stereocenters. The van der Waals surface area contributed by atoms with Gasteiger partial charge in [-0.2, -0.15) is 0 Å². The Hall–Kier alpha value is -0.643. The first-order valence-corrected chi connectivity index (χ1v) is 7.26. The van der Waals surface area contributed by atoms with Crippen LogP contribution in [-0.2, 0) is 11.2 Å². The van der Waals surface area contributed by atoms with E-state index in [1.54, 1.807) is 7.11 Å². The maximum atomic E-state index is 5.42. The molecule has 0 spiro atoms. The number of rotatable bonds is 6. The predicted molar refractivity (Wildman–Crippen MR) is 77.1 cm³/mol. The lowest BCUT2D eigenvalue weighted by atomic mass is 10.1. The highest BCUT2D eigenvalue weighted by atomic mass is 28.1. The van der Waals surface area contributed by atoms with Crippen LogP contribution in [0.3, 0.4) is 0 Å². The summed E-state index contributed by atoms with van der Waals surface area (Å²) in [7, 11) is 5.27. The molecule has 0 radical (unpaired) electrons. The first-order chi connectivity index (χ1) is 7.89. The zero-order valence-electron chi connectivity index (χ0n) is 11.9. The van der Waals surface area contributed by atoms with Crippen molar-refractivity contribution in [2.45, 2.75) is 25.4 Å². The molecule has 0 heterocycles. The standard InChI is InChI=1S/C14H26NOSi/c1-14(2,17)15(3,12-16-4)11-10-13-8-6-5-7-9-13/h5-9H,10-12H2,1-4,17H3/q+1. The summed E-state index contributed by atoms with van der Waals surface area (Å²) < 4.78 is 6.41. The van der Waals surface area contributed by atoms with E-state index < -0.39 is 0 Å². The SMILES string of the molecule is COC[N+](C)(CCc1ccccc1)C(C)(C)[SiH3]. The minimum absolute atomic E-state index is 0.338. The molecule has 0 saturated heterocycles. The van der Waals surface area contributed by atoms with E-state index in [1.165, 1.54) is 15.8 Å². The van der Waals surface area contributed by atoms with Crippen LogP contribution in [-0.4, -0.2) is 47.3 Å². The highest BCUT2D eigenvalue weighted by molar-refractivity contribution is 6.13. The molecule has 1 aromatic rings. The Bertz CT molecular complexity index is 334. The third-order valence-electron chi connectivity index (χ3n) is 3.77. The molecule has 0 aromatic heterocycles. The Morgan fingerprint density at radius 1 is 1.24 bits per heavy atom. The maximum Gasteiger partial charge on any atom is 0.182 e. The normalized spacial score (nSPS) is 15.8. The third kappa shape index (κ3) is 3.94. The summed E-state index contributed by atoms with van der Waals surface area (Å²) in [6, 6.07) is 10.7. The first kappa shape index (κ1) is 14.4. The second-order valence-electron chi connectivity index (χ2n) is 5.94. The van der Waals surface area contributed by atoms with Gasteiger partial charge in [-0.25, -0.2) is 0 Å². The van der Waals surface area contributed by atoms with Crippen LogP contribution in [0.1, 0.15) is 19.4 Å². The quantitative estimate of drug-likeness (QED) is 0.422. The molecule has 0 amide bonds. The fourth-order valence-electron chi connectivity index (χ4n) is 1.90. The Morgan fingerprint density at radius 2 is 1.82 bits per heavy atom. The minimum Gasteiger partial charge on any atom is -0.335 e. The van der Waals surface area contributed by atoms with E-state index >= 15 is 0 Å². The molecule has 0 bridgehead atoms. The van der Waals surface area contributed by atoms with Gasteiger partial charge in [0.15, 0.2) is 6.73 Å². The molecule has 0 saturated carbocycles. The van der Waals surface area contributed by atoms with E-state index in [9.17, 15) is 0 Å². The van der Waals surface area contributed by atoms with Gasteiger partial charge in [-0.3, -0.25) is 0 Å². The van der Waals surface area contributed by atoms with Crippen molar-refractivity contribution < 1.29 is 9.22 Å². The molecule has 17 heavy (non-hydrogen) atoms. The van der Waals surface area contributed by atoms with E-state index in [1.807, 2.05) is 0 Å². The molecule has 1 atom stereocenters. The first-order valence-electron chi connectivity index (χ1n) is 6.26. The molecule has 1 rings (SSSR count). The lowest BCUT2D eigenvalue weighted by Crippen LogP contribution is -2.61. The van der Waals surface area contributed by atoms with Gasteiger partial charge in [-0.05, 0) is 19.4 Å². The molecule has 0 aliphatic heterocycles. The predicted octanol–water partition coefficient (Wildman–Crippen LogP) is 1.38. The summed E-state index contributed by atoms with van der Waals surface area (Å²) >= 11 is 0. The van der Waals surface area contributed by atoms with E-state index in [2.05, 4.69) is 51.2 Å². The molecule has 0 fully saturated rings. The van der Waals surface area contributed by atoms with Crippen molar-refractivity contribution in [3.63, 3.8) is 0 Å². The Balaban J connectivity index is 2.69. The Morgan fingerprint density at radius 3 is 2.29 bits per heavy atom. The van der Waals surface area contributed by atoms with Crippen molar-refractivity contribution in [3.8, 4) is 0 Å². The van der Waals surface area contributed by atoms with Gasteiger partial charge in [-0.15, -0.1) is 0 Å².